The van der Waals surface area contributed by atoms with E-state index in [2.05, 4.69) is 22.2 Å². The largest absolute Gasteiger partial charge is 0.361 e. The fourth-order valence-corrected chi connectivity index (χ4v) is 2.85. The van der Waals surface area contributed by atoms with E-state index in [-0.39, 0.29) is 6.42 Å². The first kappa shape index (κ1) is 19.8. The van der Waals surface area contributed by atoms with Gasteiger partial charge in [-0.2, -0.15) is 0 Å². The lowest BCUT2D eigenvalue weighted by Crippen LogP contribution is -2.45. The standard InChI is InChI=1S/C22H19N3O4/c1-2-19(27)24-21(15-6-4-3-5-7-15)25-22(29)20(28)18(26)13-14-8-9-17-16(12-14)10-11-23-17/h2-12,21,23H,1,13H2,(H,24,27)(H,25,29). The minimum atomic E-state index is -1.17. The molecule has 3 rings (SSSR count). The van der Waals surface area contributed by atoms with Crippen LogP contribution in [0.15, 0.2) is 73.4 Å². The van der Waals surface area contributed by atoms with Crippen LogP contribution >= 0.6 is 0 Å². The van der Waals surface area contributed by atoms with Crippen LogP contribution in [0.1, 0.15) is 17.3 Å². The Bertz CT molecular complexity index is 1090. The van der Waals surface area contributed by atoms with E-state index in [0.29, 0.717) is 11.1 Å². The Morgan fingerprint density at radius 3 is 2.48 bits per heavy atom. The van der Waals surface area contributed by atoms with Gasteiger partial charge in [-0.25, -0.2) is 0 Å². The highest BCUT2D eigenvalue weighted by molar-refractivity contribution is 6.63. The third-order valence-electron chi connectivity index (χ3n) is 4.32. The second kappa shape index (κ2) is 8.79. The predicted molar refractivity (Wildman–Crippen MR) is 108 cm³/mol. The van der Waals surface area contributed by atoms with E-state index in [1.165, 1.54) is 0 Å². The zero-order chi connectivity index (χ0) is 20.8. The van der Waals surface area contributed by atoms with Gasteiger partial charge < -0.3 is 15.6 Å². The predicted octanol–water partition coefficient (Wildman–Crippen LogP) is 1.97. The summed E-state index contributed by atoms with van der Waals surface area (Å²) in [5.41, 5.74) is 2.09. The minimum absolute atomic E-state index is 0.192. The van der Waals surface area contributed by atoms with Crippen LogP contribution in [-0.4, -0.2) is 28.4 Å². The molecule has 0 radical (unpaired) electrons. The van der Waals surface area contributed by atoms with Crippen molar-refractivity contribution in [3.8, 4) is 0 Å². The van der Waals surface area contributed by atoms with Crippen LogP contribution in [0.2, 0.25) is 0 Å². The molecule has 0 aliphatic heterocycles. The van der Waals surface area contributed by atoms with Crippen molar-refractivity contribution in [1.29, 1.82) is 0 Å². The van der Waals surface area contributed by atoms with Crippen molar-refractivity contribution < 1.29 is 19.2 Å². The number of fused-ring (bicyclic) bond motifs is 1. The molecule has 7 nitrogen and oxygen atoms in total. The fraction of sp³-hybridized carbons (Fsp3) is 0.0909. The molecule has 2 aromatic carbocycles. The van der Waals surface area contributed by atoms with Gasteiger partial charge in [0.25, 0.3) is 11.7 Å². The smallest absolute Gasteiger partial charge is 0.297 e. The molecule has 29 heavy (non-hydrogen) atoms. The Labute approximate surface area is 166 Å². The number of hydrogen-bond donors (Lipinski definition) is 3. The maximum absolute atomic E-state index is 12.3. The maximum Gasteiger partial charge on any atom is 0.297 e. The van der Waals surface area contributed by atoms with E-state index < -0.39 is 29.5 Å². The first-order chi connectivity index (χ1) is 14.0. The normalized spacial score (nSPS) is 11.4. The number of H-pyrrole nitrogens is 1. The summed E-state index contributed by atoms with van der Waals surface area (Å²) in [7, 11) is 0. The average molecular weight is 389 g/mol. The number of carbonyl (C=O) groups excluding carboxylic acids is 4. The Morgan fingerprint density at radius 1 is 1.00 bits per heavy atom. The number of Topliss-reactive ketones (excluding diaryl/α,β-unsaturated/α-hetero) is 2. The summed E-state index contributed by atoms with van der Waals surface area (Å²) in [6.45, 7) is 3.37. The van der Waals surface area contributed by atoms with Gasteiger partial charge in [0.2, 0.25) is 11.7 Å². The fourth-order valence-electron chi connectivity index (χ4n) is 2.85. The number of rotatable bonds is 8. The number of carbonyl (C=O) groups is 4. The van der Waals surface area contributed by atoms with Crippen LogP contribution in [0, 0.1) is 0 Å². The molecular formula is C22H19N3O4. The zero-order valence-electron chi connectivity index (χ0n) is 15.5. The summed E-state index contributed by atoms with van der Waals surface area (Å²) in [5, 5.41) is 5.82. The molecule has 1 unspecified atom stereocenters. The molecule has 0 bridgehead atoms. The van der Waals surface area contributed by atoms with Crippen molar-refractivity contribution in [2.45, 2.75) is 12.6 Å². The molecule has 0 fully saturated rings. The van der Waals surface area contributed by atoms with Crippen molar-refractivity contribution >= 4 is 34.3 Å². The van der Waals surface area contributed by atoms with Crippen LogP contribution in [0.25, 0.3) is 10.9 Å². The summed E-state index contributed by atoms with van der Waals surface area (Å²) >= 11 is 0. The Kier molecular flexibility index (Phi) is 5.99. The summed E-state index contributed by atoms with van der Waals surface area (Å²) in [5.74, 6) is -3.62. The van der Waals surface area contributed by atoms with Gasteiger partial charge in [-0.15, -0.1) is 0 Å². The lowest BCUT2D eigenvalue weighted by atomic mass is 10.0. The van der Waals surface area contributed by atoms with Crippen molar-refractivity contribution in [3.05, 3.63) is 84.6 Å². The van der Waals surface area contributed by atoms with Gasteiger partial charge in [-0.1, -0.05) is 43.0 Å². The highest BCUT2D eigenvalue weighted by Gasteiger charge is 2.26. The van der Waals surface area contributed by atoms with Crippen LogP contribution in [-0.2, 0) is 25.6 Å². The molecular weight excluding hydrogens is 370 g/mol. The van der Waals surface area contributed by atoms with E-state index >= 15 is 0 Å². The van der Waals surface area contributed by atoms with Crippen molar-refractivity contribution in [2.24, 2.45) is 0 Å². The number of aromatic nitrogens is 1. The molecule has 7 heteroatoms. The summed E-state index contributed by atoms with van der Waals surface area (Å²) in [6, 6.07) is 15.7. The SMILES string of the molecule is C=CC(=O)NC(NC(=O)C(=O)C(=O)Cc1ccc2[nH]ccc2c1)c1ccccc1. The van der Waals surface area contributed by atoms with Crippen molar-refractivity contribution in [1.82, 2.24) is 15.6 Å². The molecule has 3 N–H and O–H groups in total. The summed E-state index contributed by atoms with van der Waals surface area (Å²) < 4.78 is 0. The second-order valence-corrected chi connectivity index (χ2v) is 6.36. The van der Waals surface area contributed by atoms with Crippen LogP contribution in [0.5, 0.6) is 0 Å². The first-order valence-electron chi connectivity index (χ1n) is 8.90. The molecule has 0 aliphatic rings. The molecule has 2 amide bonds. The third-order valence-corrected chi connectivity index (χ3v) is 4.32. The molecule has 3 aromatic rings. The molecule has 0 spiro atoms. The Balaban J connectivity index is 1.69. The van der Waals surface area contributed by atoms with Gasteiger partial charge in [0, 0.05) is 18.1 Å². The van der Waals surface area contributed by atoms with E-state index in [1.54, 1.807) is 54.7 Å². The highest BCUT2D eigenvalue weighted by atomic mass is 16.2. The average Bonchev–Trinajstić information content (AvgIpc) is 3.21. The number of amides is 2. The molecule has 1 atom stereocenters. The summed E-state index contributed by atoms with van der Waals surface area (Å²) in [4.78, 5) is 51.6. The monoisotopic (exact) mass is 389 g/mol. The van der Waals surface area contributed by atoms with E-state index in [9.17, 15) is 19.2 Å². The van der Waals surface area contributed by atoms with Gasteiger partial charge >= 0.3 is 0 Å². The minimum Gasteiger partial charge on any atom is -0.361 e. The molecule has 0 saturated carbocycles. The first-order valence-corrected chi connectivity index (χ1v) is 8.90. The van der Waals surface area contributed by atoms with Crippen molar-refractivity contribution in [2.75, 3.05) is 0 Å². The number of hydrogen-bond acceptors (Lipinski definition) is 4. The quantitative estimate of drug-likeness (QED) is 0.237. The Morgan fingerprint density at radius 2 is 1.76 bits per heavy atom. The molecule has 1 aromatic heterocycles. The van der Waals surface area contributed by atoms with Crippen LogP contribution in [0.4, 0.5) is 0 Å². The second-order valence-electron chi connectivity index (χ2n) is 6.36. The van der Waals surface area contributed by atoms with Gasteiger partial charge in [-0.3, -0.25) is 19.2 Å². The molecule has 0 saturated heterocycles. The number of nitrogens with one attached hydrogen (secondary N) is 3. The van der Waals surface area contributed by atoms with Gasteiger partial charge in [0.15, 0.2) is 0 Å². The van der Waals surface area contributed by atoms with Gasteiger partial charge in [-0.05, 0) is 40.8 Å². The molecule has 0 aliphatic carbocycles. The summed E-state index contributed by atoms with van der Waals surface area (Å²) in [6.07, 6.45) is 1.66. The maximum atomic E-state index is 12.3. The van der Waals surface area contributed by atoms with Gasteiger partial charge in [0.05, 0.1) is 0 Å². The number of aromatic amines is 1. The zero-order valence-corrected chi connectivity index (χ0v) is 15.5. The topological polar surface area (TPSA) is 108 Å². The third kappa shape index (κ3) is 4.84. The highest BCUT2D eigenvalue weighted by Crippen LogP contribution is 2.15. The van der Waals surface area contributed by atoms with Gasteiger partial charge in [0.1, 0.15) is 6.17 Å². The van der Waals surface area contributed by atoms with Crippen molar-refractivity contribution in [3.63, 3.8) is 0 Å². The van der Waals surface area contributed by atoms with Crippen LogP contribution in [0.3, 0.4) is 0 Å². The lowest BCUT2D eigenvalue weighted by molar-refractivity contribution is -0.145. The Hall–Kier alpha value is -4.00. The molecule has 146 valence electrons. The van der Waals surface area contributed by atoms with E-state index in [4.69, 9.17) is 0 Å². The van der Waals surface area contributed by atoms with E-state index in [1.807, 2.05) is 6.07 Å². The number of ketones is 2. The lowest BCUT2D eigenvalue weighted by Gasteiger charge is -2.19. The van der Waals surface area contributed by atoms with Crippen LogP contribution < -0.4 is 10.6 Å². The van der Waals surface area contributed by atoms with E-state index in [0.717, 1.165) is 17.0 Å². The molecule has 1 heterocycles. The number of benzene rings is 2.